The Morgan fingerprint density at radius 2 is 2.04 bits per heavy atom. The van der Waals surface area contributed by atoms with Crippen LogP contribution in [0.5, 0.6) is 0 Å². The van der Waals surface area contributed by atoms with Crippen molar-refractivity contribution in [2.45, 2.75) is 33.9 Å². The van der Waals surface area contributed by atoms with E-state index in [4.69, 9.17) is 20.9 Å². The number of carbonyl (C=O) groups is 1. The van der Waals surface area contributed by atoms with E-state index in [0.717, 1.165) is 5.56 Å². The van der Waals surface area contributed by atoms with Gasteiger partial charge in [0.25, 0.3) is 0 Å². The van der Waals surface area contributed by atoms with Crippen molar-refractivity contribution in [3.05, 3.63) is 58.5 Å². The molecule has 3 aromatic rings. The molecule has 3 rings (SSSR count). The third kappa shape index (κ3) is 3.96. The first-order valence-electron chi connectivity index (χ1n) is 8.36. The SMILES string of the molecule is Cc1nn(CC(C)C)c(Cl)c1C(=O)OCc1cc(-c2ccccc2)on1. The van der Waals surface area contributed by atoms with Gasteiger partial charge in [0.05, 0.1) is 5.69 Å². The van der Waals surface area contributed by atoms with E-state index in [0.29, 0.717) is 40.3 Å². The van der Waals surface area contributed by atoms with E-state index in [1.165, 1.54) is 0 Å². The number of nitrogens with zero attached hydrogens (tertiary/aromatic N) is 3. The normalized spacial score (nSPS) is 11.1. The van der Waals surface area contributed by atoms with Gasteiger partial charge in [-0.25, -0.2) is 4.79 Å². The van der Waals surface area contributed by atoms with Crippen molar-refractivity contribution in [1.82, 2.24) is 14.9 Å². The first kappa shape index (κ1) is 18.2. The van der Waals surface area contributed by atoms with E-state index in [1.807, 2.05) is 30.3 Å². The molecule has 0 amide bonds. The largest absolute Gasteiger partial charge is 0.455 e. The highest BCUT2D eigenvalue weighted by Crippen LogP contribution is 2.23. The fourth-order valence-corrected chi connectivity index (χ4v) is 2.90. The van der Waals surface area contributed by atoms with Crippen molar-refractivity contribution in [2.75, 3.05) is 0 Å². The summed E-state index contributed by atoms with van der Waals surface area (Å²) in [6.45, 7) is 6.49. The molecule has 0 fully saturated rings. The Labute approximate surface area is 156 Å². The molecule has 0 saturated carbocycles. The van der Waals surface area contributed by atoms with Crippen LogP contribution in [0.4, 0.5) is 0 Å². The molecule has 2 aromatic heterocycles. The summed E-state index contributed by atoms with van der Waals surface area (Å²) in [6.07, 6.45) is 0. The van der Waals surface area contributed by atoms with Crippen molar-refractivity contribution < 1.29 is 14.1 Å². The van der Waals surface area contributed by atoms with Crippen molar-refractivity contribution in [2.24, 2.45) is 5.92 Å². The molecule has 0 aliphatic heterocycles. The van der Waals surface area contributed by atoms with Crippen LogP contribution in [0.1, 0.15) is 35.6 Å². The van der Waals surface area contributed by atoms with Crippen LogP contribution in [0, 0.1) is 12.8 Å². The minimum Gasteiger partial charge on any atom is -0.455 e. The second-order valence-electron chi connectivity index (χ2n) is 6.45. The number of ether oxygens (including phenoxy) is 1. The molecular weight excluding hydrogens is 354 g/mol. The Hall–Kier alpha value is -2.60. The molecule has 0 aliphatic carbocycles. The molecule has 0 N–H and O–H groups in total. The lowest BCUT2D eigenvalue weighted by Gasteiger charge is -2.06. The van der Waals surface area contributed by atoms with E-state index in [1.54, 1.807) is 17.7 Å². The maximum atomic E-state index is 12.4. The van der Waals surface area contributed by atoms with Crippen LogP contribution in [0.3, 0.4) is 0 Å². The molecule has 0 bridgehead atoms. The van der Waals surface area contributed by atoms with Gasteiger partial charge in [-0.15, -0.1) is 0 Å². The van der Waals surface area contributed by atoms with E-state index in [-0.39, 0.29) is 6.61 Å². The molecule has 0 spiro atoms. The lowest BCUT2D eigenvalue weighted by molar-refractivity contribution is 0.0463. The van der Waals surface area contributed by atoms with Crippen molar-refractivity contribution in [3.8, 4) is 11.3 Å². The van der Waals surface area contributed by atoms with Gasteiger partial charge in [-0.2, -0.15) is 5.10 Å². The van der Waals surface area contributed by atoms with Gasteiger partial charge in [0.15, 0.2) is 5.76 Å². The van der Waals surface area contributed by atoms with Crippen LogP contribution in [0.25, 0.3) is 11.3 Å². The van der Waals surface area contributed by atoms with Crippen LogP contribution in [-0.2, 0) is 17.9 Å². The molecule has 7 heteroatoms. The first-order valence-corrected chi connectivity index (χ1v) is 8.74. The number of hydrogen-bond acceptors (Lipinski definition) is 5. The summed E-state index contributed by atoms with van der Waals surface area (Å²) in [5.41, 5.74) is 2.27. The summed E-state index contributed by atoms with van der Waals surface area (Å²) in [7, 11) is 0. The number of hydrogen-bond donors (Lipinski definition) is 0. The number of carbonyl (C=O) groups excluding carboxylic acids is 1. The fraction of sp³-hybridized carbons (Fsp3) is 0.316. The van der Waals surface area contributed by atoms with E-state index in [9.17, 15) is 4.79 Å². The van der Waals surface area contributed by atoms with Crippen LogP contribution in [0.15, 0.2) is 40.9 Å². The molecule has 0 radical (unpaired) electrons. The third-order valence-corrected chi connectivity index (χ3v) is 4.16. The third-order valence-electron chi connectivity index (χ3n) is 3.78. The Morgan fingerprint density at radius 1 is 1.31 bits per heavy atom. The summed E-state index contributed by atoms with van der Waals surface area (Å²) < 4.78 is 12.3. The molecule has 0 saturated heterocycles. The van der Waals surface area contributed by atoms with Gasteiger partial charge in [0, 0.05) is 18.2 Å². The minimum absolute atomic E-state index is 0.000294. The van der Waals surface area contributed by atoms with Crippen molar-refractivity contribution in [1.29, 1.82) is 0 Å². The lowest BCUT2D eigenvalue weighted by Crippen LogP contribution is -2.08. The molecule has 26 heavy (non-hydrogen) atoms. The summed E-state index contributed by atoms with van der Waals surface area (Å²) in [6, 6.07) is 11.3. The van der Waals surface area contributed by atoms with Gasteiger partial charge in [0.1, 0.15) is 23.0 Å². The summed E-state index contributed by atoms with van der Waals surface area (Å²) in [5.74, 6) is 0.463. The number of esters is 1. The Balaban J connectivity index is 1.68. The smallest absolute Gasteiger partial charge is 0.343 e. The van der Waals surface area contributed by atoms with Crippen molar-refractivity contribution in [3.63, 3.8) is 0 Å². The standard InChI is InChI=1S/C19H20ClN3O3/c1-12(2)10-23-18(20)17(13(3)21-23)19(24)25-11-15-9-16(26-22-15)14-7-5-4-6-8-14/h4-9,12H,10-11H2,1-3H3. The quantitative estimate of drug-likeness (QED) is 0.594. The van der Waals surface area contributed by atoms with Crippen molar-refractivity contribution >= 4 is 17.6 Å². The van der Waals surface area contributed by atoms with E-state index < -0.39 is 5.97 Å². The van der Waals surface area contributed by atoms with Crippen LogP contribution in [-0.4, -0.2) is 20.9 Å². The maximum absolute atomic E-state index is 12.4. The van der Waals surface area contributed by atoms with Crippen LogP contribution in [0.2, 0.25) is 5.15 Å². The number of benzene rings is 1. The fourth-order valence-electron chi connectivity index (χ4n) is 2.58. The summed E-state index contributed by atoms with van der Waals surface area (Å²) >= 11 is 6.30. The number of halogens is 1. The molecule has 6 nitrogen and oxygen atoms in total. The molecule has 0 aliphatic rings. The summed E-state index contributed by atoms with van der Waals surface area (Å²) in [4.78, 5) is 12.4. The maximum Gasteiger partial charge on any atom is 0.343 e. The average Bonchev–Trinajstić information content (AvgIpc) is 3.18. The van der Waals surface area contributed by atoms with Gasteiger partial charge in [-0.3, -0.25) is 4.68 Å². The zero-order chi connectivity index (χ0) is 18.7. The average molecular weight is 374 g/mol. The van der Waals surface area contributed by atoms with Crippen LogP contribution >= 0.6 is 11.6 Å². The molecule has 1 aromatic carbocycles. The molecule has 0 atom stereocenters. The van der Waals surface area contributed by atoms with Gasteiger partial charge >= 0.3 is 5.97 Å². The Morgan fingerprint density at radius 3 is 2.73 bits per heavy atom. The number of aromatic nitrogens is 3. The molecule has 136 valence electrons. The predicted molar refractivity (Wildman–Crippen MR) is 97.9 cm³/mol. The number of rotatable bonds is 6. The lowest BCUT2D eigenvalue weighted by atomic mass is 10.2. The van der Waals surface area contributed by atoms with Gasteiger partial charge in [-0.05, 0) is 12.8 Å². The van der Waals surface area contributed by atoms with Gasteiger partial charge in [0.2, 0.25) is 0 Å². The number of aryl methyl sites for hydroxylation is 1. The predicted octanol–water partition coefficient (Wildman–Crippen LogP) is 4.51. The molecular formula is C19H20ClN3O3. The Bertz CT molecular complexity index is 900. The Kier molecular flexibility index (Phi) is 5.42. The first-order chi connectivity index (χ1) is 12.5. The highest BCUT2D eigenvalue weighted by molar-refractivity contribution is 6.32. The topological polar surface area (TPSA) is 70.2 Å². The summed E-state index contributed by atoms with van der Waals surface area (Å²) in [5, 5.41) is 8.56. The highest BCUT2D eigenvalue weighted by atomic mass is 35.5. The highest BCUT2D eigenvalue weighted by Gasteiger charge is 2.22. The van der Waals surface area contributed by atoms with Gasteiger partial charge in [-0.1, -0.05) is 60.9 Å². The van der Waals surface area contributed by atoms with Gasteiger partial charge < -0.3 is 9.26 Å². The second kappa shape index (κ2) is 7.74. The minimum atomic E-state index is -0.522. The zero-order valence-electron chi connectivity index (χ0n) is 14.9. The van der Waals surface area contributed by atoms with Crippen LogP contribution < -0.4 is 0 Å². The molecule has 0 unspecified atom stereocenters. The van der Waals surface area contributed by atoms with E-state index >= 15 is 0 Å². The molecule has 2 heterocycles. The monoisotopic (exact) mass is 373 g/mol. The second-order valence-corrected chi connectivity index (χ2v) is 6.81. The zero-order valence-corrected chi connectivity index (χ0v) is 15.7. The van der Waals surface area contributed by atoms with E-state index in [2.05, 4.69) is 24.1 Å².